The van der Waals surface area contributed by atoms with Gasteiger partial charge in [-0.05, 0) is 30.0 Å². The highest BCUT2D eigenvalue weighted by molar-refractivity contribution is 7.17. The van der Waals surface area contributed by atoms with E-state index < -0.39 is 0 Å². The van der Waals surface area contributed by atoms with Gasteiger partial charge in [-0.2, -0.15) is 0 Å². The molecule has 0 aliphatic carbocycles. The van der Waals surface area contributed by atoms with E-state index >= 15 is 0 Å². The smallest absolute Gasteiger partial charge is 0.268 e. The Morgan fingerprint density at radius 2 is 2.05 bits per heavy atom. The number of fused-ring (bicyclic) bond motifs is 1. The second-order valence-corrected chi connectivity index (χ2v) is 5.90. The molecule has 0 aliphatic rings. The van der Waals surface area contributed by atoms with Gasteiger partial charge in [-0.15, -0.1) is 11.3 Å². The zero-order valence-corrected chi connectivity index (χ0v) is 12.8. The van der Waals surface area contributed by atoms with E-state index in [0.717, 1.165) is 11.2 Å². The Bertz CT molecular complexity index is 798. The summed E-state index contributed by atoms with van der Waals surface area (Å²) in [5.74, 6) is 0.637. The highest BCUT2D eigenvalue weighted by Gasteiger charge is 2.10. The molecule has 0 saturated carbocycles. The minimum atomic E-state index is -0.0924. The zero-order valence-electron chi connectivity index (χ0n) is 12.0. The highest BCUT2D eigenvalue weighted by Crippen LogP contribution is 2.18. The van der Waals surface area contributed by atoms with E-state index in [9.17, 15) is 4.79 Å². The third kappa shape index (κ3) is 3.18. The molecular weight excluding hydrogens is 298 g/mol. The Morgan fingerprint density at radius 1 is 1.23 bits per heavy atom. The first-order chi connectivity index (χ1) is 10.8. The van der Waals surface area contributed by atoms with E-state index in [0.29, 0.717) is 30.0 Å². The summed E-state index contributed by atoms with van der Waals surface area (Å²) >= 11 is 1.40. The number of aliphatic hydroxyl groups is 1. The molecule has 0 fully saturated rings. The first kappa shape index (κ1) is 14.7. The second-order valence-electron chi connectivity index (χ2n) is 4.98. The number of hydrogen-bond donors (Lipinski definition) is 2. The van der Waals surface area contributed by atoms with Crippen LogP contribution in [0.5, 0.6) is 0 Å². The molecule has 0 bridgehead atoms. The van der Waals surface area contributed by atoms with Crippen LogP contribution in [0, 0.1) is 0 Å². The fourth-order valence-corrected chi connectivity index (χ4v) is 3.10. The molecule has 0 atom stereocenters. The van der Waals surface area contributed by atoms with Crippen molar-refractivity contribution in [2.75, 3.05) is 18.1 Å². The van der Waals surface area contributed by atoms with Crippen molar-refractivity contribution in [2.24, 2.45) is 0 Å². The standard InChI is InChI=1S/C16H17N3O2S/c20-9-4-8-19(12-5-2-1-3-6-12)11-14-17-13-7-10-22-15(13)16(21)18-14/h1-3,5-7,10,20H,4,8-9,11H2,(H,17,18,21). The molecule has 0 aliphatic heterocycles. The first-order valence-corrected chi connectivity index (χ1v) is 8.03. The van der Waals surface area contributed by atoms with Crippen molar-refractivity contribution in [2.45, 2.75) is 13.0 Å². The maximum Gasteiger partial charge on any atom is 0.268 e. The van der Waals surface area contributed by atoms with Crippen LogP contribution in [0.25, 0.3) is 10.2 Å². The van der Waals surface area contributed by atoms with Crippen molar-refractivity contribution >= 4 is 27.2 Å². The van der Waals surface area contributed by atoms with Gasteiger partial charge in [0, 0.05) is 18.8 Å². The maximum atomic E-state index is 12.0. The van der Waals surface area contributed by atoms with Gasteiger partial charge >= 0.3 is 0 Å². The normalized spacial score (nSPS) is 11.0. The van der Waals surface area contributed by atoms with Gasteiger partial charge in [-0.1, -0.05) is 18.2 Å². The summed E-state index contributed by atoms with van der Waals surface area (Å²) in [6.07, 6.45) is 0.666. The summed E-state index contributed by atoms with van der Waals surface area (Å²) in [7, 11) is 0. The molecular formula is C16H17N3O2S. The fourth-order valence-electron chi connectivity index (χ4n) is 2.38. The van der Waals surface area contributed by atoms with Gasteiger partial charge in [0.1, 0.15) is 10.5 Å². The SMILES string of the molecule is O=c1[nH]c(CN(CCCO)c2ccccc2)nc2ccsc12. The lowest BCUT2D eigenvalue weighted by Crippen LogP contribution is -2.27. The number of thiophene rings is 1. The molecule has 0 amide bonds. The van der Waals surface area contributed by atoms with Gasteiger partial charge in [0.2, 0.25) is 0 Å². The summed E-state index contributed by atoms with van der Waals surface area (Å²) in [6.45, 7) is 1.34. The number of nitrogens with one attached hydrogen (secondary N) is 1. The molecule has 2 N–H and O–H groups in total. The minimum Gasteiger partial charge on any atom is -0.396 e. The molecule has 2 heterocycles. The lowest BCUT2D eigenvalue weighted by molar-refractivity contribution is 0.289. The predicted molar refractivity (Wildman–Crippen MR) is 89.4 cm³/mol. The van der Waals surface area contributed by atoms with Crippen LogP contribution in [-0.4, -0.2) is 28.2 Å². The topological polar surface area (TPSA) is 69.2 Å². The number of benzene rings is 1. The molecule has 2 aromatic heterocycles. The molecule has 3 aromatic rings. The van der Waals surface area contributed by atoms with Crippen LogP contribution in [-0.2, 0) is 6.54 Å². The van der Waals surface area contributed by atoms with E-state index in [1.54, 1.807) is 0 Å². The molecule has 114 valence electrons. The number of aliphatic hydroxyl groups excluding tert-OH is 1. The van der Waals surface area contributed by atoms with Crippen LogP contribution in [0.3, 0.4) is 0 Å². The van der Waals surface area contributed by atoms with Crippen molar-refractivity contribution < 1.29 is 5.11 Å². The van der Waals surface area contributed by atoms with Crippen LogP contribution < -0.4 is 10.5 Å². The quantitative estimate of drug-likeness (QED) is 0.733. The average molecular weight is 315 g/mol. The molecule has 5 nitrogen and oxygen atoms in total. The second kappa shape index (κ2) is 6.72. The van der Waals surface area contributed by atoms with Gasteiger partial charge in [0.25, 0.3) is 5.56 Å². The Balaban J connectivity index is 1.89. The number of rotatable bonds is 6. The third-order valence-corrected chi connectivity index (χ3v) is 4.31. The van der Waals surface area contributed by atoms with Crippen molar-refractivity contribution in [3.63, 3.8) is 0 Å². The van der Waals surface area contributed by atoms with Crippen LogP contribution in [0.1, 0.15) is 12.2 Å². The molecule has 1 aromatic carbocycles. The zero-order chi connectivity index (χ0) is 15.4. The summed E-state index contributed by atoms with van der Waals surface area (Å²) in [5, 5.41) is 11.0. The Morgan fingerprint density at radius 3 is 2.82 bits per heavy atom. The number of aromatic amines is 1. The Kier molecular flexibility index (Phi) is 4.50. The Labute approximate surface area is 131 Å². The van der Waals surface area contributed by atoms with Crippen molar-refractivity contribution in [3.8, 4) is 0 Å². The van der Waals surface area contributed by atoms with Crippen LogP contribution >= 0.6 is 11.3 Å². The molecule has 0 unspecified atom stereocenters. The number of para-hydroxylation sites is 1. The molecule has 22 heavy (non-hydrogen) atoms. The lowest BCUT2D eigenvalue weighted by Gasteiger charge is -2.24. The fraction of sp³-hybridized carbons (Fsp3) is 0.250. The monoisotopic (exact) mass is 315 g/mol. The number of hydrogen-bond acceptors (Lipinski definition) is 5. The minimum absolute atomic E-state index is 0.0924. The van der Waals surface area contributed by atoms with E-state index in [-0.39, 0.29) is 12.2 Å². The predicted octanol–water partition coefficient (Wildman–Crippen LogP) is 2.37. The van der Waals surface area contributed by atoms with Crippen molar-refractivity contribution in [1.29, 1.82) is 0 Å². The van der Waals surface area contributed by atoms with Crippen LogP contribution in [0.2, 0.25) is 0 Å². The first-order valence-electron chi connectivity index (χ1n) is 7.15. The summed E-state index contributed by atoms with van der Waals surface area (Å²) < 4.78 is 0.658. The van der Waals surface area contributed by atoms with Crippen LogP contribution in [0.4, 0.5) is 5.69 Å². The van der Waals surface area contributed by atoms with Crippen LogP contribution in [0.15, 0.2) is 46.6 Å². The summed E-state index contributed by atoms with van der Waals surface area (Å²) in [6, 6.07) is 11.8. The third-order valence-electron chi connectivity index (χ3n) is 3.41. The largest absolute Gasteiger partial charge is 0.396 e. The van der Waals surface area contributed by atoms with Crippen molar-refractivity contribution in [1.82, 2.24) is 9.97 Å². The maximum absolute atomic E-state index is 12.0. The number of nitrogens with zero attached hydrogens (tertiary/aromatic N) is 2. The van der Waals surface area contributed by atoms with E-state index in [4.69, 9.17) is 5.11 Å². The average Bonchev–Trinajstić information content (AvgIpc) is 3.01. The van der Waals surface area contributed by atoms with Gasteiger partial charge < -0.3 is 15.0 Å². The van der Waals surface area contributed by atoms with Gasteiger partial charge in [-0.3, -0.25) is 4.79 Å². The molecule has 6 heteroatoms. The molecule has 3 rings (SSSR count). The van der Waals surface area contributed by atoms with E-state index in [1.165, 1.54) is 11.3 Å². The molecule has 0 saturated heterocycles. The van der Waals surface area contributed by atoms with E-state index in [1.807, 2.05) is 41.8 Å². The Hall–Kier alpha value is -2.18. The molecule has 0 radical (unpaired) electrons. The van der Waals surface area contributed by atoms with Gasteiger partial charge in [0.05, 0.1) is 12.1 Å². The lowest BCUT2D eigenvalue weighted by atomic mass is 10.2. The van der Waals surface area contributed by atoms with Gasteiger partial charge in [0.15, 0.2) is 0 Å². The summed E-state index contributed by atoms with van der Waals surface area (Å²) in [4.78, 5) is 21.5. The highest BCUT2D eigenvalue weighted by atomic mass is 32.1. The number of aromatic nitrogens is 2. The number of H-pyrrole nitrogens is 1. The summed E-state index contributed by atoms with van der Waals surface area (Å²) in [5.41, 5.74) is 1.69. The van der Waals surface area contributed by atoms with Gasteiger partial charge in [-0.25, -0.2) is 4.98 Å². The van der Waals surface area contributed by atoms with Crippen molar-refractivity contribution in [3.05, 3.63) is 58.0 Å². The van der Waals surface area contributed by atoms with E-state index in [2.05, 4.69) is 14.9 Å². The number of anilines is 1. The molecule has 0 spiro atoms.